The van der Waals surface area contributed by atoms with Crippen molar-refractivity contribution in [3.05, 3.63) is 34.9 Å². The summed E-state index contributed by atoms with van der Waals surface area (Å²) in [5, 5.41) is 3.07. The van der Waals surface area contributed by atoms with Crippen LogP contribution in [0.4, 0.5) is 0 Å². The first-order valence-corrected chi connectivity index (χ1v) is 7.37. The molecule has 0 bridgehead atoms. The van der Waals surface area contributed by atoms with Gasteiger partial charge in [0.25, 0.3) is 0 Å². The van der Waals surface area contributed by atoms with Gasteiger partial charge in [-0.3, -0.25) is 9.69 Å². The number of amides is 1. The van der Waals surface area contributed by atoms with Crippen LogP contribution in [0.5, 0.6) is 0 Å². The molecule has 3 heteroatoms. The molecule has 3 nitrogen and oxygen atoms in total. The van der Waals surface area contributed by atoms with Crippen LogP contribution < -0.4 is 5.32 Å². The maximum Gasteiger partial charge on any atom is 0.220 e. The van der Waals surface area contributed by atoms with Gasteiger partial charge < -0.3 is 5.32 Å². The summed E-state index contributed by atoms with van der Waals surface area (Å²) >= 11 is 0. The molecule has 0 unspecified atom stereocenters. The van der Waals surface area contributed by atoms with Crippen molar-refractivity contribution in [2.24, 2.45) is 0 Å². The number of carbonyl (C=O) groups excluding carboxylic acids is 1. The van der Waals surface area contributed by atoms with Crippen LogP contribution >= 0.6 is 0 Å². The Morgan fingerprint density at radius 1 is 1.37 bits per heavy atom. The summed E-state index contributed by atoms with van der Waals surface area (Å²) in [6.45, 7) is 5.36. The standard InChI is InChI=1S/C16H22N2O.H2/c1-2-12-3-4-13-7-8-18(10-14(13)9-12)11-15-5-6-16(19)17-15;/h3-4,9,15H,2,5-8,10-11H2,1H3,(H,17,19);1H/t15-;/m0./s1. The van der Waals surface area contributed by atoms with E-state index in [1.165, 1.54) is 16.7 Å². The van der Waals surface area contributed by atoms with Gasteiger partial charge in [-0.25, -0.2) is 0 Å². The quantitative estimate of drug-likeness (QED) is 0.903. The predicted octanol–water partition coefficient (Wildman–Crippen LogP) is 2.13. The second kappa shape index (κ2) is 5.33. The monoisotopic (exact) mass is 260 g/mol. The molecule has 1 atom stereocenters. The van der Waals surface area contributed by atoms with Crippen LogP contribution in [-0.4, -0.2) is 29.9 Å². The highest BCUT2D eigenvalue weighted by atomic mass is 16.1. The number of nitrogens with one attached hydrogen (secondary N) is 1. The molecule has 1 N–H and O–H groups in total. The maximum atomic E-state index is 11.2. The molecule has 19 heavy (non-hydrogen) atoms. The van der Waals surface area contributed by atoms with Crippen LogP contribution in [0.3, 0.4) is 0 Å². The lowest BCUT2D eigenvalue weighted by Crippen LogP contribution is -2.41. The summed E-state index contributed by atoms with van der Waals surface area (Å²) in [5.74, 6) is 0.218. The van der Waals surface area contributed by atoms with Crippen molar-refractivity contribution in [2.45, 2.75) is 45.2 Å². The van der Waals surface area contributed by atoms with Crippen molar-refractivity contribution in [3.63, 3.8) is 0 Å². The van der Waals surface area contributed by atoms with Crippen LogP contribution in [0.25, 0.3) is 0 Å². The van der Waals surface area contributed by atoms with Gasteiger partial charge in [-0.2, -0.15) is 0 Å². The van der Waals surface area contributed by atoms with Gasteiger partial charge in [0.05, 0.1) is 0 Å². The van der Waals surface area contributed by atoms with Gasteiger partial charge in [0.1, 0.15) is 0 Å². The second-order valence-electron chi connectivity index (χ2n) is 5.74. The Labute approximate surface area is 116 Å². The highest BCUT2D eigenvalue weighted by Gasteiger charge is 2.25. The van der Waals surface area contributed by atoms with Crippen LogP contribution in [0.2, 0.25) is 0 Å². The smallest absolute Gasteiger partial charge is 0.220 e. The zero-order valence-corrected chi connectivity index (χ0v) is 11.6. The van der Waals surface area contributed by atoms with Crippen LogP contribution in [-0.2, 0) is 24.2 Å². The molecule has 2 aliphatic heterocycles. The highest BCUT2D eigenvalue weighted by molar-refractivity contribution is 5.78. The lowest BCUT2D eigenvalue weighted by molar-refractivity contribution is -0.119. The summed E-state index contributed by atoms with van der Waals surface area (Å²) < 4.78 is 0. The minimum atomic E-state index is 0. The molecule has 1 fully saturated rings. The Morgan fingerprint density at radius 3 is 3.00 bits per heavy atom. The van der Waals surface area contributed by atoms with Crippen molar-refractivity contribution in [1.29, 1.82) is 0 Å². The molecule has 0 aliphatic carbocycles. The van der Waals surface area contributed by atoms with Gasteiger partial charge in [-0.1, -0.05) is 25.1 Å². The van der Waals surface area contributed by atoms with Gasteiger partial charge in [0.2, 0.25) is 5.91 Å². The summed E-state index contributed by atoms with van der Waals surface area (Å²) in [6.07, 6.45) is 3.94. The van der Waals surface area contributed by atoms with Gasteiger partial charge in [-0.05, 0) is 36.0 Å². The van der Waals surface area contributed by atoms with E-state index in [2.05, 4.69) is 35.3 Å². The first-order chi connectivity index (χ1) is 9.24. The third-order valence-corrected chi connectivity index (χ3v) is 4.33. The molecule has 1 aromatic rings. The van der Waals surface area contributed by atoms with Gasteiger partial charge >= 0.3 is 0 Å². The number of rotatable bonds is 3. The van der Waals surface area contributed by atoms with E-state index in [9.17, 15) is 4.79 Å². The lowest BCUT2D eigenvalue weighted by Gasteiger charge is -2.31. The number of nitrogens with zero attached hydrogens (tertiary/aromatic N) is 1. The van der Waals surface area contributed by atoms with Crippen molar-refractivity contribution in [2.75, 3.05) is 13.1 Å². The Balaban J connectivity index is 0.00000147. The molecular formula is C16H24N2O. The molecule has 2 heterocycles. The van der Waals surface area contributed by atoms with E-state index >= 15 is 0 Å². The van der Waals surface area contributed by atoms with Crippen LogP contribution in [0, 0.1) is 0 Å². The molecule has 3 rings (SSSR count). The molecule has 1 aromatic carbocycles. The van der Waals surface area contributed by atoms with Crippen molar-refractivity contribution in [3.8, 4) is 0 Å². The summed E-state index contributed by atoms with van der Waals surface area (Å²) in [5.41, 5.74) is 4.41. The molecule has 1 saturated heterocycles. The normalized spacial score (nSPS) is 23.2. The van der Waals surface area contributed by atoms with Crippen molar-refractivity contribution >= 4 is 5.91 Å². The Hall–Kier alpha value is -1.35. The summed E-state index contributed by atoms with van der Waals surface area (Å²) in [4.78, 5) is 13.7. The van der Waals surface area contributed by atoms with Crippen molar-refractivity contribution in [1.82, 2.24) is 10.2 Å². The predicted molar refractivity (Wildman–Crippen MR) is 78.1 cm³/mol. The summed E-state index contributed by atoms with van der Waals surface area (Å²) in [6, 6.07) is 7.27. The van der Waals surface area contributed by atoms with E-state index in [-0.39, 0.29) is 7.33 Å². The number of hydrogen-bond donors (Lipinski definition) is 1. The van der Waals surface area contributed by atoms with E-state index in [1.54, 1.807) is 0 Å². The number of carbonyl (C=O) groups is 1. The van der Waals surface area contributed by atoms with Gasteiger partial charge in [0.15, 0.2) is 0 Å². The SMILES string of the molecule is CCc1ccc2c(c1)CN(C[C@@H]1CCC(=O)N1)CC2.[HH]. The van der Waals surface area contributed by atoms with E-state index in [0.29, 0.717) is 12.5 Å². The Morgan fingerprint density at radius 2 is 2.26 bits per heavy atom. The molecule has 0 saturated carbocycles. The van der Waals surface area contributed by atoms with E-state index in [0.717, 1.165) is 38.9 Å². The first kappa shape index (κ1) is 12.7. The van der Waals surface area contributed by atoms with Crippen LogP contribution in [0.1, 0.15) is 37.9 Å². The molecular weight excluding hydrogens is 236 g/mol. The van der Waals surface area contributed by atoms with Crippen LogP contribution in [0.15, 0.2) is 18.2 Å². The fourth-order valence-corrected chi connectivity index (χ4v) is 3.17. The number of fused-ring (bicyclic) bond motifs is 1. The number of aryl methyl sites for hydroxylation is 1. The topological polar surface area (TPSA) is 32.3 Å². The molecule has 0 spiro atoms. The molecule has 0 radical (unpaired) electrons. The average molecular weight is 260 g/mol. The minimum absolute atomic E-state index is 0. The van der Waals surface area contributed by atoms with E-state index in [1.807, 2.05) is 0 Å². The molecule has 2 aliphatic rings. The summed E-state index contributed by atoms with van der Waals surface area (Å²) in [7, 11) is 0. The second-order valence-corrected chi connectivity index (χ2v) is 5.74. The fourth-order valence-electron chi connectivity index (χ4n) is 3.17. The largest absolute Gasteiger partial charge is 0.352 e. The van der Waals surface area contributed by atoms with Crippen molar-refractivity contribution < 1.29 is 6.22 Å². The van der Waals surface area contributed by atoms with Gasteiger partial charge in [0, 0.05) is 33.5 Å². The molecule has 0 aromatic heterocycles. The highest BCUT2D eigenvalue weighted by Crippen LogP contribution is 2.21. The van der Waals surface area contributed by atoms with Gasteiger partial charge in [-0.15, -0.1) is 0 Å². The third kappa shape index (κ3) is 2.81. The van der Waals surface area contributed by atoms with E-state index in [4.69, 9.17) is 0 Å². The zero-order valence-electron chi connectivity index (χ0n) is 11.6. The third-order valence-electron chi connectivity index (χ3n) is 4.33. The Kier molecular flexibility index (Phi) is 3.56. The molecule has 104 valence electrons. The number of benzene rings is 1. The van der Waals surface area contributed by atoms with E-state index < -0.39 is 0 Å². The maximum absolute atomic E-state index is 11.2. The average Bonchev–Trinajstić information content (AvgIpc) is 2.83. The zero-order chi connectivity index (χ0) is 13.2. The Bertz CT molecular complexity index is 489. The lowest BCUT2D eigenvalue weighted by atomic mass is 9.96. The number of hydrogen-bond acceptors (Lipinski definition) is 2. The minimum Gasteiger partial charge on any atom is -0.352 e. The fraction of sp³-hybridized carbons (Fsp3) is 0.562. The molecule has 1 amide bonds. The first-order valence-electron chi connectivity index (χ1n) is 7.37.